The van der Waals surface area contributed by atoms with Crippen molar-refractivity contribution in [3.05, 3.63) is 36.5 Å². The van der Waals surface area contributed by atoms with E-state index in [0.29, 0.717) is 25.9 Å². The number of aliphatic hydroxyl groups excluding tert-OH is 2. The fourth-order valence-electron chi connectivity index (χ4n) is 8.19. The zero-order valence-electron chi connectivity index (χ0n) is 41.4. The molecule has 364 valence electrons. The van der Waals surface area contributed by atoms with Gasteiger partial charge >= 0.3 is 5.97 Å². The van der Waals surface area contributed by atoms with Crippen LogP contribution in [0.15, 0.2) is 36.5 Å². The molecule has 0 heterocycles. The number of allylic oxidation sites excluding steroid dienone is 6. The molecule has 0 aliphatic heterocycles. The Hall–Kier alpha value is -1.92. The summed E-state index contributed by atoms with van der Waals surface area (Å²) in [6, 6.07) is -0.562. The van der Waals surface area contributed by atoms with Gasteiger partial charge in [0.1, 0.15) is 0 Å². The van der Waals surface area contributed by atoms with Crippen molar-refractivity contribution in [2.75, 3.05) is 13.2 Å². The summed E-state index contributed by atoms with van der Waals surface area (Å²) < 4.78 is 5.44. The zero-order chi connectivity index (χ0) is 45.1. The summed E-state index contributed by atoms with van der Waals surface area (Å²) in [4.78, 5) is 24.5. The van der Waals surface area contributed by atoms with E-state index in [4.69, 9.17) is 4.74 Å². The van der Waals surface area contributed by atoms with E-state index in [2.05, 4.69) is 55.6 Å². The monoisotopic (exact) mass is 872 g/mol. The second-order valence-corrected chi connectivity index (χ2v) is 18.6. The van der Waals surface area contributed by atoms with Crippen LogP contribution in [-0.2, 0) is 14.3 Å². The summed E-state index contributed by atoms with van der Waals surface area (Å²) in [5, 5.41) is 23.3. The Morgan fingerprint density at radius 1 is 0.452 bits per heavy atom. The lowest BCUT2D eigenvalue weighted by Gasteiger charge is -2.22. The van der Waals surface area contributed by atoms with Gasteiger partial charge in [-0.25, -0.2) is 0 Å². The number of hydrogen-bond donors (Lipinski definition) is 3. The molecule has 0 aliphatic rings. The second-order valence-electron chi connectivity index (χ2n) is 18.6. The lowest BCUT2D eigenvalue weighted by Crippen LogP contribution is -2.45. The first-order valence-corrected chi connectivity index (χ1v) is 27.2. The highest BCUT2D eigenvalue weighted by Gasteiger charge is 2.20. The number of nitrogens with one attached hydrogen (secondary N) is 1. The molecule has 0 aromatic heterocycles. The van der Waals surface area contributed by atoms with Crippen molar-refractivity contribution in [3.8, 4) is 0 Å². The molecular weight excluding hydrogens is 767 g/mol. The molecule has 1 amide bonds. The van der Waals surface area contributed by atoms with Crippen molar-refractivity contribution in [2.45, 2.75) is 296 Å². The highest BCUT2D eigenvalue weighted by molar-refractivity contribution is 5.76. The van der Waals surface area contributed by atoms with Crippen molar-refractivity contribution in [3.63, 3.8) is 0 Å². The van der Waals surface area contributed by atoms with E-state index in [1.807, 2.05) is 0 Å². The van der Waals surface area contributed by atoms with Gasteiger partial charge in [-0.2, -0.15) is 0 Å². The van der Waals surface area contributed by atoms with Gasteiger partial charge in [-0.3, -0.25) is 9.59 Å². The van der Waals surface area contributed by atoms with Crippen LogP contribution < -0.4 is 5.32 Å². The van der Waals surface area contributed by atoms with E-state index in [9.17, 15) is 19.8 Å². The van der Waals surface area contributed by atoms with Gasteiger partial charge in [-0.1, -0.05) is 217 Å². The molecule has 0 radical (unpaired) electrons. The van der Waals surface area contributed by atoms with E-state index >= 15 is 0 Å². The van der Waals surface area contributed by atoms with Crippen LogP contribution in [0.1, 0.15) is 284 Å². The van der Waals surface area contributed by atoms with Crippen LogP contribution in [-0.4, -0.2) is 47.4 Å². The molecule has 0 rings (SSSR count). The average Bonchev–Trinajstić information content (AvgIpc) is 3.27. The number of carbonyl (C=O) groups excluding carboxylic acids is 2. The Kier molecular flexibility index (Phi) is 50.1. The van der Waals surface area contributed by atoms with Crippen molar-refractivity contribution < 1.29 is 24.5 Å². The van der Waals surface area contributed by atoms with Gasteiger partial charge in [0.25, 0.3) is 0 Å². The van der Waals surface area contributed by atoms with E-state index in [0.717, 1.165) is 89.9 Å². The van der Waals surface area contributed by atoms with Crippen LogP contribution in [0.25, 0.3) is 0 Å². The SMILES string of the molecule is CCCCC/C=C\C/C=C\CCCCCCCC(=O)OCCCCC/C=C\CCCCCCCC(=O)NC(CO)C(O)CCCCCCCCCCCCCCCCCCCC. The number of unbranched alkanes of at least 4 members (excludes halogenated alkanes) is 33. The molecule has 0 aliphatic carbocycles. The Balaban J connectivity index is 3.52. The summed E-state index contributed by atoms with van der Waals surface area (Å²) in [7, 11) is 0. The molecule has 62 heavy (non-hydrogen) atoms. The Morgan fingerprint density at radius 3 is 1.27 bits per heavy atom. The zero-order valence-corrected chi connectivity index (χ0v) is 41.4. The molecule has 0 saturated carbocycles. The molecular formula is C56H105NO5. The predicted octanol–water partition coefficient (Wildman–Crippen LogP) is 16.5. The molecule has 3 N–H and O–H groups in total. The van der Waals surface area contributed by atoms with E-state index < -0.39 is 12.1 Å². The van der Waals surface area contributed by atoms with Crippen molar-refractivity contribution in [1.29, 1.82) is 0 Å². The van der Waals surface area contributed by atoms with Gasteiger partial charge in [-0.15, -0.1) is 0 Å². The van der Waals surface area contributed by atoms with Crippen LogP contribution in [0.5, 0.6) is 0 Å². The van der Waals surface area contributed by atoms with Gasteiger partial charge in [0, 0.05) is 12.8 Å². The summed E-state index contributed by atoms with van der Waals surface area (Å²) in [6.45, 7) is 4.86. The van der Waals surface area contributed by atoms with E-state index in [1.165, 1.54) is 161 Å². The van der Waals surface area contributed by atoms with Gasteiger partial charge in [-0.05, 0) is 89.9 Å². The topological polar surface area (TPSA) is 95.9 Å². The Morgan fingerprint density at radius 2 is 0.806 bits per heavy atom. The van der Waals surface area contributed by atoms with Crippen LogP contribution >= 0.6 is 0 Å². The number of hydrogen-bond acceptors (Lipinski definition) is 5. The molecule has 6 nitrogen and oxygen atoms in total. The maximum atomic E-state index is 12.5. The van der Waals surface area contributed by atoms with Crippen LogP contribution in [0.2, 0.25) is 0 Å². The van der Waals surface area contributed by atoms with Crippen molar-refractivity contribution in [2.24, 2.45) is 0 Å². The molecule has 2 atom stereocenters. The summed E-state index contributed by atoms with van der Waals surface area (Å²) >= 11 is 0. The molecule has 2 unspecified atom stereocenters. The molecule has 0 saturated heterocycles. The minimum absolute atomic E-state index is 0.0367. The lowest BCUT2D eigenvalue weighted by atomic mass is 10.0. The molecule has 0 fully saturated rings. The quantitative estimate of drug-likeness (QED) is 0.0321. The van der Waals surface area contributed by atoms with E-state index in [1.54, 1.807) is 0 Å². The Labute approximate surface area is 385 Å². The Bertz CT molecular complexity index is 1010. The van der Waals surface area contributed by atoms with Crippen molar-refractivity contribution >= 4 is 11.9 Å². The van der Waals surface area contributed by atoms with Crippen LogP contribution in [0, 0.1) is 0 Å². The normalized spacial score (nSPS) is 12.9. The van der Waals surface area contributed by atoms with Gasteiger partial charge in [0.15, 0.2) is 0 Å². The first-order valence-electron chi connectivity index (χ1n) is 27.2. The van der Waals surface area contributed by atoms with Gasteiger partial charge < -0.3 is 20.3 Å². The number of esters is 1. The maximum absolute atomic E-state index is 12.5. The largest absolute Gasteiger partial charge is 0.466 e. The first kappa shape index (κ1) is 60.1. The number of ether oxygens (including phenoxy) is 1. The van der Waals surface area contributed by atoms with Crippen molar-refractivity contribution in [1.82, 2.24) is 5.32 Å². The van der Waals surface area contributed by atoms with Gasteiger partial charge in [0.2, 0.25) is 5.91 Å². The number of carbonyl (C=O) groups is 2. The van der Waals surface area contributed by atoms with E-state index in [-0.39, 0.29) is 18.5 Å². The minimum Gasteiger partial charge on any atom is -0.466 e. The minimum atomic E-state index is -0.682. The molecule has 0 aromatic carbocycles. The summed E-state index contributed by atoms with van der Waals surface area (Å²) in [5.74, 6) is -0.0975. The smallest absolute Gasteiger partial charge is 0.305 e. The maximum Gasteiger partial charge on any atom is 0.305 e. The fraction of sp³-hybridized carbons (Fsp3) is 0.857. The average molecular weight is 872 g/mol. The highest BCUT2D eigenvalue weighted by Crippen LogP contribution is 2.16. The molecule has 0 spiro atoms. The summed E-state index contributed by atoms with van der Waals surface area (Å²) in [6.07, 6.45) is 62.6. The number of amides is 1. The second kappa shape index (κ2) is 51.7. The van der Waals surface area contributed by atoms with Gasteiger partial charge in [0.05, 0.1) is 25.4 Å². The third-order valence-electron chi connectivity index (χ3n) is 12.4. The standard InChI is InChI=1S/C56H105NO5/c1-3-5-7-9-11-13-15-17-19-20-21-23-24-28-32-36-40-44-48-54(59)53(52-58)57-55(60)49-45-41-37-33-29-26-27-31-35-39-43-47-51-62-56(61)50-46-42-38-34-30-25-22-18-16-14-12-10-8-6-4-2/h12,14,18,22,27,31,53-54,58-59H,3-11,13,15-17,19-21,23-26,28-30,32-52H2,1-2H3,(H,57,60)/b14-12-,22-18-,31-27-. The summed E-state index contributed by atoms with van der Waals surface area (Å²) in [5.41, 5.74) is 0. The number of rotatable bonds is 50. The fourth-order valence-corrected chi connectivity index (χ4v) is 8.19. The van der Waals surface area contributed by atoms with Crippen LogP contribution in [0.3, 0.4) is 0 Å². The molecule has 6 heteroatoms. The molecule has 0 aromatic rings. The third-order valence-corrected chi connectivity index (χ3v) is 12.4. The highest BCUT2D eigenvalue weighted by atomic mass is 16.5. The third kappa shape index (κ3) is 47.6. The lowest BCUT2D eigenvalue weighted by molar-refractivity contribution is -0.143. The molecule has 0 bridgehead atoms. The van der Waals surface area contributed by atoms with Crippen LogP contribution in [0.4, 0.5) is 0 Å². The first-order chi connectivity index (χ1) is 30.5. The predicted molar refractivity (Wildman–Crippen MR) is 269 cm³/mol. The number of aliphatic hydroxyl groups is 2.